The van der Waals surface area contributed by atoms with Crippen molar-refractivity contribution in [2.75, 3.05) is 6.54 Å². The van der Waals surface area contributed by atoms with E-state index in [1.54, 1.807) is 12.3 Å². The minimum Gasteiger partial charge on any atom is -0.491 e. The summed E-state index contributed by atoms with van der Waals surface area (Å²) in [7, 11) is 0. The quantitative estimate of drug-likeness (QED) is 0.528. The molecular formula is C27H30N2O3. The van der Waals surface area contributed by atoms with Gasteiger partial charge in [-0.05, 0) is 98.2 Å². The van der Waals surface area contributed by atoms with Gasteiger partial charge in [0.05, 0.1) is 11.7 Å². The Hall–Kier alpha value is -3.18. The molecule has 0 fully saturated rings. The topological polar surface area (TPSA) is 71.5 Å². The Morgan fingerprint density at radius 1 is 1.22 bits per heavy atom. The third-order valence-electron chi connectivity index (χ3n) is 6.02. The fourth-order valence-electron chi connectivity index (χ4n) is 4.52. The van der Waals surface area contributed by atoms with Gasteiger partial charge in [0, 0.05) is 18.4 Å². The Morgan fingerprint density at radius 3 is 2.81 bits per heavy atom. The van der Waals surface area contributed by atoms with Crippen LogP contribution in [0.25, 0.3) is 11.1 Å². The summed E-state index contributed by atoms with van der Waals surface area (Å²) >= 11 is 0. The Bertz CT molecular complexity index is 1120. The second-order valence-electron chi connectivity index (χ2n) is 8.69. The third kappa shape index (κ3) is 4.83. The van der Waals surface area contributed by atoms with E-state index in [1.165, 1.54) is 34.0 Å². The van der Waals surface area contributed by atoms with Crippen molar-refractivity contribution < 1.29 is 14.6 Å². The minimum absolute atomic E-state index is 0.159. The van der Waals surface area contributed by atoms with Crippen LogP contribution in [-0.2, 0) is 12.8 Å². The van der Waals surface area contributed by atoms with E-state index in [-0.39, 0.29) is 12.1 Å². The number of pyridine rings is 1. The van der Waals surface area contributed by atoms with Gasteiger partial charge in [-0.2, -0.15) is 0 Å². The molecule has 166 valence electrons. The molecule has 1 aliphatic heterocycles. The number of benzene rings is 2. The van der Waals surface area contributed by atoms with E-state index in [1.807, 2.05) is 19.9 Å². The second-order valence-corrected chi connectivity index (χ2v) is 8.69. The van der Waals surface area contributed by atoms with Crippen LogP contribution < -0.4 is 10.1 Å². The van der Waals surface area contributed by atoms with Crippen LogP contribution in [0.15, 0.2) is 54.9 Å². The number of carboxylic acid groups (broad SMARTS) is 1. The Morgan fingerprint density at radius 2 is 2.06 bits per heavy atom. The molecule has 5 heteroatoms. The molecule has 5 nitrogen and oxygen atoms in total. The Labute approximate surface area is 189 Å². The molecule has 0 unspecified atom stereocenters. The van der Waals surface area contributed by atoms with Gasteiger partial charge >= 0.3 is 5.97 Å². The highest BCUT2D eigenvalue weighted by Crippen LogP contribution is 2.33. The number of ether oxygens (including phenoxy) is 1. The number of hydrogen-bond donors (Lipinski definition) is 2. The van der Waals surface area contributed by atoms with Crippen molar-refractivity contribution in [2.24, 2.45) is 0 Å². The zero-order chi connectivity index (χ0) is 22.7. The monoisotopic (exact) mass is 430 g/mol. The normalized spacial score (nSPS) is 15.4. The van der Waals surface area contributed by atoms with Gasteiger partial charge in [-0.15, -0.1) is 0 Å². The average Bonchev–Trinajstić information content (AvgIpc) is 2.77. The maximum absolute atomic E-state index is 11.5. The summed E-state index contributed by atoms with van der Waals surface area (Å²) in [6.07, 6.45) is 5.86. The predicted molar refractivity (Wildman–Crippen MR) is 126 cm³/mol. The highest BCUT2D eigenvalue weighted by Gasteiger charge is 2.21. The van der Waals surface area contributed by atoms with E-state index in [9.17, 15) is 9.90 Å². The smallest absolute Gasteiger partial charge is 0.336 e. The van der Waals surface area contributed by atoms with E-state index in [0.717, 1.165) is 30.7 Å². The molecule has 3 aromatic rings. The summed E-state index contributed by atoms with van der Waals surface area (Å²) in [6.45, 7) is 7.11. The maximum atomic E-state index is 11.5. The largest absolute Gasteiger partial charge is 0.491 e. The lowest BCUT2D eigenvalue weighted by Gasteiger charge is -2.28. The Balaban J connectivity index is 1.54. The number of hydrogen-bond acceptors (Lipinski definition) is 4. The molecule has 2 N–H and O–H groups in total. The van der Waals surface area contributed by atoms with Gasteiger partial charge in [-0.1, -0.05) is 24.3 Å². The van der Waals surface area contributed by atoms with E-state index in [0.29, 0.717) is 12.0 Å². The van der Waals surface area contributed by atoms with Gasteiger partial charge in [-0.3, -0.25) is 4.98 Å². The lowest BCUT2D eigenvalue weighted by Crippen LogP contribution is -2.30. The summed E-state index contributed by atoms with van der Waals surface area (Å²) in [5, 5.41) is 13.0. The lowest BCUT2D eigenvalue weighted by atomic mass is 9.87. The van der Waals surface area contributed by atoms with E-state index >= 15 is 0 Å². The molecule has 0 spiro atoms. The van der Waals surface area contributed by atoms with E-state index < -0.39 is 5.97 Å². The molecule has 0 amide bonds. The zero-order valence-electron chi connectivity index (χ0n) is 18.9. The third-order valence-corrected chi connectivity index (χ3v) is 6.02. The number of carboxylic acids is 1. The number of nitrogens with zero attached hydrogens (tertiary/aromatic N) is 1. The Kier molecular flexibility index (Phi) is 6.56. The minimum atomic E-state index is -0.899. The number of aryl methyl sites for hydroxylation is 2. The van der Waals surface area contributed by atoms with Gasteiger partial charge in [0.15, 0.2) is 0 Å². The molecule has 0 saturated carbocycles. The standard InChI is InChI=1S/C27H30N2O3/c1-17(2)32-22-6-8-23(18(3)14-22)19-4-7-24-20(15-19)10-13-29-26(24)9-5-21-16-28-12-11-25(21)27(30)31/h4,6-8,11-12,14-17,26,29H,5,9-10,13H2,1-3H3,(H,30,31)/t26-/m1/s1. The van der Waals surface area contributed by atoms with Crippen molar-refractivity contribution in [1.82, 2.24) is 10.3 Å². The highest BCUT2D eigenvalue weighted by atomic mass is 16.5. The van der Waals surface area contributed by atoms with Gasteiger partial charge in [0.25, 0.3) is 0 Å². The van der Waals surface area contributed by atoms with Crippen LogP contribution in [0.4, 0.5) is 0 Å². The van der Waals surface area contributed by atoms with Gasteiger partial charge < -0.3 is 15.2 Å². The van der Waals surface area contributed by atoms with E-state index in [2.05, 4.69) is 47.6 Å². The zero-order valence-corrected chi connectivity index (χ0v) is 18.9. The maximum Gasteiger partial charge on any atom is 0.336 e. The van der Waals surface area contributed by atoms with Gasteiger partial charge in [0.1, 0.15) is 5.75 Å². The lowest BCUT2D eigenvalue weighted by molar-refractivity contribution is 0.0695. The molecule has 2 heterocycles. The molecule has 0 bridgehead atoms. The molecule has 1 aromatic heterocycles. The fraction of sp³-hybridized carbons (Fsp3) is 0.333. The molecule has 2 aromatic carbocycles. The molecular weight excluding hydrogens is 400 g/mol. The van der Waals surface area contributed by atoms with Crippen LogP contribution in [0.3, 0.4) is 0 Å². The van der Waals surface area contributed by atoms with Gasteiger partial charge in [-0.25, -0.2) is 4.79 Å². The number of fused-ring (bicyclic) bond motifs is 1. The highest BCUT2D eigenvalue weighted by molar-refractivity contribution is 5.89. The average molecular weight is 431 g/mol. The molecule has 0 aliphatic carbocycles. The van der Waals surface area contributed by atoms with Crippen molar-refractivity contribution >= 4 is 5.97 Å². The number of nitrogens with one attached hydrogen (secondary N) is 1. The molecule has 32 heavy (non-hydrogen) atoms. The van der Waals surface area contributed by atoms with Crippen LogP contribution in [0.1, 0.15) is 58.9 Å². The summed E-state index contributed by atoms with van der Waals surface area (Å²) in [5.41, 5.74) is 7.43. The first-order valence-electron chi connectivity index (χ1n) is 11.2. The second kappa shape index (κ2) is 9.53. The van der Waals surface area contributed by atoms with Crippen LogP contribution in [0.5, 0.6) is 5.75 Å². The summed E-state index contributed by atoms with van der Waals surface area (Å²) in [5.74, 6) is 0.00355. The van der Waals surface area contributed by atoms with Gasteiger partial charge in [0.2, 0.25) is 0 Å². The van der Waals surface area contributed by atoms with Crippen LogP contribution in [0, 0.1) is 6.92 Å². The number of carbonyl (C=O) groups is 1. The van der Waals surface area contributed by atoms with E-state index in [4.69, 9.17) is 4.74 Å². The fourth-order valence-corrected chi connectivity index (χ4v) is 4.52. The predicted octanol–water partition coefficient (Wildman–Crippen LogP) is 5.36. The molecule has 0 saturated heterocycles. The molecule has 0 radical (unpaired) electrons. The first kappa shape index (κ1) is 22.0. The molecule has 1 atom stereocenters. The molecule has 1 aliphatic rings. The first-order valence-corrected chi connectivity index (χ1v) is 11.2. The van der Waals surface area contributed by atoms with Crippen LogP contribution in [-0.4, -0.2) is 28.7 Å². The van der Waals surface area contributed by atoms with Crippen molar-refractivity contribution in [2.45, 2.75) is 52.2 Å². The van der Waals surface area contributed by atoms with Crippen molar-refractivity contribution in [3.05, 3.63) is 82.7 Å². The first-order chi connectivity index (χ1) is 15.4. The summed E-state index contributed by atoms with van der Waals surface area (Å²) < 4.78 is 5.83. The number of aromatic nitrogens is 1. The SMILES string of the molecule is Cc1cc(OC(C)C)ccc1-c1ccc2c(c1)CCN[C@@H]2CCc1cnccc1C(=O)O. The van der Waals surface area contributed by atoms with Crippen molar-refractivity contribution in [3.63, 3.8) is 0 Å². The van der Waals surface area contributed by atoms with Crippen molar-refractivity contribution in [3.8, 4) is 16.9 Å². The van der Waals surface area contributed by atoms with Crippen molar-refractivity contribution in [1.29, 1.82) is 0 Å². The number of rotatable bonds is 7. The molecule has 4 rings (SSSR count). The van der Waals surface area contributed by atoms with Crippen LogP contribution in [0.2, 0.25) is 0 Å². The number of aromatic carboxylic acids is 1. The summed E-state index contributed by atoms with van der Waals surface area (Å²) in [6, 6.07) is 14.8. The summed E-state index contributed by atoms with van der Waals surface area (Å²) in [4.78, 5) is 15.6. The van der Waals surface area contributed by atoms with Crippen LogP contribution >= 0.6 is 0 Å².